The highest BCUT2D eigenvalue weighted by molar-refractivity contribution is 7.07. The molecule has 0 radical (unpaired) electrons. The third kappa shape index (κ3) is 6.00. The molecule has 0 unspecified atom stereocenters. The number of hydrogen-bond acceptors (Lipinski definition) is 6. The standard InChI is InChI=1S/C35H26ClFN2O4S/c1-2-42-34(41)30-31(23-10-4-3-5-11-23)38-35-39(32(30)24-15-17-26(36)18-16-24)33(40)29(44-35)20-22-9-8-13-27(19-22)43-21-25-12-6-7-14-28(25)37/h3-20,32H,2,21H2,1H3/b29-20-/t32-/m0/s1. The topological polar surface area (TPSA) is 69.9 Å². The smallest absolute Gasteiger partial charge is 0.338 e. The van der Waals surface area contributed by atoms with Crippen molar-refractivity contribution in [2.24, 2.45) is 4.99 Å². The van der Waals surface area contributed by atoms with Gasteiger partial charge >= 0.3 is 5.97 Å². The van der Waals surface area contributed by atoms with E-state index >= 15 is 0 Å². The van der Waals surface area contributed by atoms with Gasteiger partial charge in [-0.25, -0.2) is 14.2 Å². The van der Waals surface area contributed by atoms with Crippen LogP contribution in [0.1, 0.15) is 35.2 Å². The van der Waals surface area contributed by atoms with Crippen LogP contribution in [0.3, 0.4) is 0 Å². The number of ether oxygens (including phenoxy) is 2. The molecule has 0 amide bonds. The van der Waals surface area contributed by atoms with Crippen LogP contribution in [0.2, 0.25) is 5.02 Å². The van der Waals surface area contributed by atoms with Gasteiger partial charge in [0.15, 0.2) is 4.80 Å². The average Bonchev–Trinajstić information content (AvgIpc) is 3.35. The number of benzene rings is 4. The quantitative estimate of drug-likeness (QED) is 0.190. The Balaban J connectivity index is 1.48. The Morgan fingerprint density at radius 2 is 1.75 bits per heavy atom. The van der Waals surface area contributed by atoms with Gasteiger partial charge in [-0.2, -0.15) is 0 Å². The van der Waals surface area contributed by atoms with Gasteiger partial charge in [0.05, 0.1) is 28.5 Å². The summed E-state index contributed by atoms with van der Waals surface area (Å²) in [7, 11) is 0. The highest BCUT2D eigenvalue weighted by atomic mass is 35.5. The second-order valence-corrected chi connectivity index (χ2v) is 11.4. The lowest BCUT2D eigenvalue weighted by Gasteiger charge is -2.25. The summed E-state index contributed by atoms with van der Waals surface area (Å²) in [4.78, 5) is 32.9. The number of carbonyl (C=O) groups is 1. The van der Waals surface area contributed by atoms with Crippen molar-refractivity contribution in [1.29, 1.82) is 0 Å². The average molecular weight is 625 g/mol. The van der Waals surface area contributed by atoms with Crippen LogP contribution in [0.25, 0.3) is 11.8 Å². The van der Waals surface area contributed by atoms with Crippen molar-refractivity contribution in [3.63, 3.8) is 0 Å². The van der Waals surface area contributed by atoms with Crippen molar-refractivity contribution >= 4 is 40.7 Å². The Morgan fingerprint density at radius 1 is 1.00 bits per heavy atom. The molecular weight excluding hydrogens is 599 g/mol. The third-order valence-electron chi connectivity index (χ3n) is 7.07. The maximum atomic E-state index is 14.1. The van der Waals surface area contributed by atoms with Crippen LogP contribution in [0.5, 0.6) is 5.75 Å². The summed E-state index contributed by atoms with van der Waals surface area (Å²) in [5.74, 6) is -0.356. The molecule has 6 rings (SSSR count). The van der Waals surface area contributed by atoms with Crippen LogP contribution in [0.4, 0.5) is 4.39 Å². The molecule has 1 aliphatic heterocycles. The highest BCUT2D eigenvalue weighted by Crippen LogP contribution is 2.35. The van der Waals surface area contributed by atoms with Gasteiger partial charge in [0, 0.05) is 16.1 Å². The lowest BCUT2D eigenvalue weighted by atomic mass is 9.93. The number of esters is 1. The minimum Gasteiger partial charge on any atom is -0.489 e. The minimum atomic E-state index is -0.796. The molecule has 0 aliphatic carbocycles. The second kappa shape index (κ2) is 12.8. The van der Waals surface area contributed by atoms with Gasteiger partial charge in [-0.05, 0) is 54.5 Å². The summed E-state index contributed by atoms with van der Waals surface area (Å²) in [6.07, 6.45) is 1.76. The van der Waals surface area contributed by atoms with Gasteiger partial charge in [0.1, 0.15) is 18.2 Å². The first kappa shape index (κ1) is 29.3. The lowest BCUT2D eigenvalue weighted by Crippen LogP contribution is -2.40. The summed E-state index contributed by atoms with van der Waals surface area (Å²) in [5.41, 5.74) is 2.99. The van der Waals surface area contributed by atoms with E-state index in [0.29, 0.717) is 36.9 Å². The normalized spacial score (nSPS) is 14.6. The number of hydrogen-bond donors (Lipinski definition) is 0. The largest absolute Gasteiger partial charge is 0.489 e. The fourth-order valence-corrected chi connectivity index (χ4v) is 6.15. The van der Waals surface area contributed by atoms with Crippen molar-refractivity contribution in [1.82, 2.24) is 4.57 Å². The van der Waals surface area contributed by atoms with Gasteiger partial charge < -0.3 is 9.47 Å². The fourth-order valence-electron chi connectivity index (χ4n) is 5.02. The molecule has 44 heavy (non-hydrogen) atoms. The number of thiazole rings is 1. The molecule has 4 aromatic carbocycles. The van der Waals surface area contributed by atoms with Gasteiger partial charge in [-0.15, -0.1) is 0 Å². The molecule has 0 saturated carbocycles. The molecule has 1 atom stereocenters. The Bertz CT molecular complexity index is 2050. The van der Waals surface area contributed by atoms with Crippen molar-refractivity contribution in [3.8, 4) is 5.75 Å². The monoisotopic (exact) mass is 624 g/mol. The molecule has 2 heterocycles. The maximum Gasteiger partial charge on any atom is 0.338 e. The van der Waals surface area contributed by atoms with Gasteiger partial charge in [-0.3, -0.25) is 9.36 Å². The van der Waals surface area contributed by atoms with Crippen LogP contribution >= 0.6 is 22.9 Å². The van der Waals surface area contributed by atoms with E-state index in [9.17, 15) is 14.0 Å². The molecule has 1 aromatic heterocycles. The van der Waals surface area contributed by atoms with E-state index in [1.54, 1.807) is 67.6 Å². The summed E-state index contributed by atoms with van der Waals surface area (Å²) < 4.78 is 27.4. The molecule has 0 saturated heterocycles. The summed E-state index contributed by atoms with van der Waals surface area (Å²) in [6.45, 7) is 1.97. The first-order chi connectivity index (χ1) is 21.4. The second-order valence-electron chi connectivity index (χ2n) is 9.94. The molecular formula is C35H26ClFN2O4S. The molecule has 1 aliphatic rings. The molecule has 5 aromatic rings. The van der Waals surface area contributed by atoms with Gasteiger partial charge in [-0.1, -0.05) is 95.7 Å². The van der Waals surface area contributed by atoms with E-state index in [4.69, 9.17) is 26.1 Å². The minimum absolute atomic E-state index is 0.0678. The SMILES string of the molecule is CCOC(=O)C1=C(c2ccccc2)N=c2s/c(=C\c3cccc(OCc4ccccc4F)c3)c(=O)n2[C@H]1c1ccc(Cl)cc1. The number of aromatic nitrogens is 1. The molecule has 0 bridgehead atoms. The van der Waals surface area contributed by atoms with Gasteiger partial charge in [0.25, 0.3) is 5.56 Å². The predicted molar refractivity (Wildman–Crippen MR) is 170 cm³/mol. The van der Waals surface area contributed by atoms with E-state index < -0.39 is 12.0 Å². The van der Waals surface area contributed by atoms with Crippen LogP contribution in [0, 0.1) is 5.82 Å². The Morgan fingerprint density at radius 3 is 2.50 bits per heavy atom. The van der Waals surface area contributed by atoms with E-state index in [2.05, 4.69) is 0 Å². The third-order valence-corrected chi connectivity index (χ3v) is 8.30. The number of halogens is 2. The van der Waals surface area contributed by atoms with Crippen LogP contribution < -0.4 is 19.6 Å². The number of nitrogens with zero attached hydrogens (tertiary/aromatic N) is 2. The van der Waals surface area contributed by atoms with Crippen molar-refractivity contribution < 1.29 is 18.7 Å². The molecule has 9 heteroatoms. The highest BCUT2D eigenvalue weighted by Gasteiger charge is 2.35. The zero-order chi connectivity index (χ0) is 30.6. The zero-order valence-corrected chi connectivity index (χ0v) is 25.1. The van der Waals surface area contributed by atoms with E-state index in [1.165, 1.54) is 22.0 Å². The fraction of sp³-hybridized carbons (Fsp3) is 0.114. The van der Waals surface area contributed by atoms with Crippen molar-refractivity contribution in [2.45, 2.75) is 19.6 Å². The van der Waals surface area contributed by atoms with Crippen LogP contribution in [-0.2, 0) is 16.1 Å². The first-order valence-electron chi connectivity index (χ1n) is 13.9. The molecule has 0 N–H and O–H groups in total. The van der Waals surface area contributed by atoms with Crippen LogP contribution in [-0.4, -0.2) is 17.1 Å². The number of fused-ring (bicyclic) bond motifs is 1. The van der Waals surface area contributed by atoms with E-state index in [-0.39, 0.29) is 30.2 Å². The predicted octanol–water partition coefficient (Wildman–Crippen LogP) is 6.31. The van der Waals surface area contributed by atoms with Crippen molar-refractivity contribution in [2.75, 3.05) is 6.61 Å². The van der Waals surface area contributed by atoms with Crippen molar-refractivity contribution in [3.05, 3.63) is 161 Å². The van der Waals surface area contributed by atoms with E-state index in [0.717, 1.165) is 11.1 Å². The molecule has 0 spiro atoms. The summed E-state index contributed by atoms with van der Waals surface area (Å²) >= 11 is 7.43. The zero-order valence-electron chi connectivity index (χ0n) is 23.6. The van der Waals surface area contributed by atoms with E-state index in [1.807, 2.05) is 42.5 Å². The Labute approximate surface area is 261 Å². The molecule has 0 fully saturated rings. The lowest BCUT2D eigenvalue weighted by molar-refractivity contribution is -0.138. The molecule has 6 nitrogen and oxygen atoms in total. The van der Waals surface area contributed by atoms with Crippen LogP contribution in [0.15, 0.2) is 118 Å². The Hall–Kier alpha value is -4.79. The Kier molecular flexibility index (Phi) is 8.54. The number of rotatable bonds is 8. The summed E-state index contributed by atoms with van der Waals surface area (Å²) in [6, 6.07) is 29.3. The number of carbonyl (C=O) groups excluding carboxylic acids is 1. The maximum absolute atomic E-state index is 14.1. The summed E-state index contributed by atoms with van der Waals surface area (Å²) in [5, 5.41) is 0.531. The molecule has 220 valence electrons. The first-order valence-corrected chi connectivity index (χ1v) is 15.1. The van der Waals surface area contributed by atoms with Gasteiger partial charge in [0.2, 0.25) is 0 Å².